The largest absolute Gasteiger partial charge is 0.498 e. The second-order valence-corrected chi connectivity index (χ2v) is 6.24. The van der Waals surface area contributed by atoms with E-state index in [4.69, 9.17) is 8.53 Å². The molecule has 0 N–H and O–H groups in total. The lowest BCUT2D eigenvalue weighted by Gasteiger charge is -2.29. The molecule has 2 atom stereocenters. The van der Waals surface area contributed by atoms with Crippen molar-refractivity contribution < 1.29 is 8.53 Å². The Morgan fingerprint density at radius 3 is 2.75 bits per heavy atom. The SMILES string of the molecule is CC([O][Al]([CH3])[CH3])C1CCCOC1. The van der Waals surface area contributed by atoms with Gasteiger partial charge in [-0.3, -0.25) is 0 Å². The van der Waals surface area contributed by atoms with Crippen LogP contribution >= 0.6 is 0 Å². The minimum absolute atomic E-state index is 0.414. The molecule has 12 heavy (non-hydrogen) atoms. The van der Waals surface area contributed by atoms with Crippen molar-refractivity contribution in [3.63, 3.8) is 0 Å². The van der Waals surface area contributed by atoms with Crippen molar-refractivity contribution in [1.82, 2.24) is 0 Å². The minimum Gasteiger partial charge on any atom is -0.498 e. The first-order valence-corrected chi connectivity index (χ1v) is 7.71. The van der Waals surface area contributed by atoms with E-state index in [9.17, 15) is 0 Å². The Bertz CT molecular complexity index is 122. The highest BCUT2D eigenvalue weighted by Gasteiger charge is 2.22. The minimum atomic E-state index is -0.855. The van der Waals surface area contributed by atoms with Crippen LogP contribution < -0.4 is 0 Å². The van der Waals surface area contributed by atoms with Gasteiger partial charge in [0.15, 0.2) is 0 Å². The number of rotatable bonds is 3. The molecule has 0 bridgehead atoms. The van der Waals surface area contributed by atoms with Crippen LogP contribution in [0.3, 0.4) is 0 Å². The Balaban J connectivity index is 2.24. The summed E-state index contributed by atoms with van der Waals surface area (Å²) in [7, 11) is 0. The van der Waals surface area contributed by atoms with Gasteiger partial charge in [-0.05, 0) is 19.8 Å². The molecule has 0 spiro atoms. The average Bonchev–Trinajstić information content (AvgIpc) is 2.05. The van der Waals surface area contributed by atoms with Gasteiger partial charge in [-0.1, -0.05) is 11.6 Å². The van der Waals surface area contributed by atoms with Gasteiger partial charge in [0.1, 0.15) is 0 Å². The van der Waals surface area contributed by atoms with Gasteiger partial charge in [-0.15, -0.1) is 0 Å². The van der Waals surface area contributed by atoms with Crippen LogP contribution in [-0.4, -0.2) is 33.8 Å². The first-order valence-electron chi connectivity index (χ1n) is 4.93. The normalized spacial score (nSPS) is 26.8. The zero-order valence-corrected chi connectivity index (χ0v) is 9.53. The third-order valence-corrected chi connectivity index (χ3v) is 3.32. The molecule has 1 fully saturated rings. The molecular formula is C9H19AlO2. The molecule has 0 amide bonds. The van der Waals surface area contributed by atoms with E-state index in [0.717, 1.165) is 13.2 Å². The molecule has 0 aromatic heterocycles. The van der Waals surface area contributed by atoms with Crippen molar-refractivity contribution >= 4 is 14.5 Å². The molecule has 0 saturated carbocycles. The van der Waals surface area contributed by atoms with Gasteiger partial charge in [0.2, 0.25) is 0 Å². The molecule has 1 rings (SSSR count). The predicted octanol–water partition coefficient (Wildman–Crippen LogP) is 2.07. The Kier molecular flexibility index (Phi) is 4.60. The van der Waals surface area contributed by atoms with Crippen LogP contribution in [0.2, 0.25) is 11.6 Å². The lowest BCUT2D eigenvalue weighted by Crippen LogP contribution is -2.31. The highest BCUT2D eigenvalue weighted by Crippen LogP contribution is 2.19. The van der Waals surface area contributed by atoms with Crippen molar-refractivity contribution in [2.24, 2.45) is 5.92 Å². The van der Waals surface area contributed by atoms with Crippen LogP contribution in [0.4, 0.5) is 0 Å². The van der Waals surface area contributed by atoms with E-state index in [0.29, 0.717) is 12.0 Å². The quantitative estimate of drug-likeness (QED) is 0.628. The molecule has 1 heterocycles. The molecule has 2 unspecified atom stereocenters. The van der Waals surface area contributed by atoms with Crippen LogP contribution in [-0.2, 0) is 8.53 Å². The fourth-order valence-electron chi connectivity index (χ4n) is 1.68. The lowest BCUT2D eigenvalue weighted by atomic mass is 9.97. The van der Waals surface area contributed by atoms with Gasteiger partial charge in [0.05, 0.1) is 6.61 Å². The van der Waals surface area contributed by atoms with Crippen LogP contribution in [0.15, 0.2) is 0 Å². The van der Waals surface area contributed by atoms with Crippen LogP contribution in [0.5, 0.6) is 0 Å². The number of hydrogen-bond donors (Lipinski definition) is 0. The number of hydrogen-bond acceptors (Lipinski definition) is 2. The topological polar surface area (TPSA) is 18.5 Å². The monoisotopic (exact) mass is 186 g/mol. The summed E-state index contributed by atoms with van der Waals surface area (Å²) in [4.78, 5) is 0. The van der Waals surface area contributed by atoms with Crippen molar-refractivity contribution in [1.29, 1.82) is 0 Å². The zero-order chi connectivity index (χ0) is 8.97. The molecule has 3 heteroatoms. The van der Waals surface area contributed by atoms with Gasteiger partial charge in [0, 0.05) is 18.6 Å². The first kappa shape index (κ1) is 10.5. The van der Waals surface area contributed by atoms with Crippen LogP contribution in [0, 0.1) is 5.92 Å². The Morgan fingerprint density at radius 2 is 2.25 bits per heavy atom. The summed E-state index contributed by atoms with van der Waals surface area (Å²) in [5, 5.41) is 0. The van der Waals surface area contributed by atoms with E-state index < -0.39 is 14.5 Å². The molecule has 1 saturated heterocycles. The molecule has 70 valence electrons. The van der Waals surface area contributed by atoms with Crippen molar-refractivity contribution in [2.75, 3.05) is 13.2 Å². The maximum Gasteiger partial charge on any atom is 0.454 e. The summed E-state index contributed by atoms with van der Waals surface area (Å²) in [5.41, 5.74) is 0. The maximum absolute atomic E-state index is 5.85. The summed E-state index contributed by atoms with van der Waals surface area (Å²) >= 11 is -0.855. The molecule has 0 aliphatic carbocycles. The van der Waals surface area contributed by atoms with E-state index in [1.807, 2.05) is 0 Å². The summed E-state index contributed by atoms with van der Waals surface area (Å²) in [6, 6.07) is 0. The molecular weight excluding hydrogens is 167 g/mol. The fraction of sp³-hybridized carbons (Fsp3) is 1.00. The van der Waals surface area contributed by atoms with E-state index in [2.05, 4.69) is 18.5 Å². The Labute approximate surface area is 80.0 Å². The van der Waals surface area contributed by atoms with E-state index in [1.54, 1.807) is 0 Å². The number of ether oxygens (including phenoxy) is 1. The van der Waals surface area contributed by atoms with Crippen LogP contribution in [0.25, 0.3) is 0 Å². The Morgan fingerprint density at radius 1 is 1.50 bits per heavy atom. The van der Waals surface area contributed by atoms with Crippen molar-refractivity contribution in [3.05, 3.63) is 0 Å². The van der Waals surface area contributed by atoms with Crippen molar-refractivity contribution in [2.45, 2.75) is 37.4 Å². The zero-order valence-electron chi connectivity index (χ0n) is 8.38. The summed E-state index contributed by atoms with van der Waals surface area (Å²) in [6.45, 7) is 4.04. The van der Waals surface area contributed by atoms with E-state index >= 15 is 0 Å². The van der Waals surface area contributed by atoms with Gasteiger partial charge in [-0.25, -0.2) is 0 Å². The first-order chi connectivity index (χ1) is 5.70. The molecule has 1 aliphatic heterocycles. The van der Waals surface area contributed by atoms with Gasteiger partial charge < -0.3 is 8.53 Å². The summed E-state index contributed by atoms with van der Waals surface area (Å²) in [6.07, 6.45) is 2.90. The standard InChI is InChI=1S/C7H13O2.2CH3.Al/c1-6(8)7-3-2-4-9-5-7;;;/h6-7H,2-5H2,1H3;2*1H3;/q-1;;;+1. The van der Waals surface area contributed by atoms with Gasteiger partial charge >= 0.3 is 14.5 Å². The molecule has 1 aliphatic rings. The maximum atomic E-state index is 5.85. The average molecular weight is 186 g/mol. The van der Waals surface area contributed by atoms with Gasteiger partial charge in [-0.2, -0.15) is 0 Å². The Hall–Kier alpha value is 0.452. The predicted molar refractivity (Wildman–Crippen MR) is 51.6 cm³/mol. The smallest absolute Gasteiger partial charge is 0.454 e. The lowest BCUT2D eigenvalue weighted by molar-refractivity contribution is 0.00654. The summed E-state index contributed by atoms with van der Waals surface area (Å²) in [5.74, 6) is 5.09. The third kappa shape index (κ3) is 3.45. The van der Waals surface area contributed by atoms with E-state index in [-0.39, 0.29) is 0 Å². The molecule has 0 aromatic rings. The van der Waals surface area contributed by atoms with Gasteiger partial charge in [0.25, 0.3) is 0 Å². The fourth-order valence-corrected chi connectivity index (χ4v) is 2.76. The second-order valence-electron chi connectivity index (χ2n) is 3.87. The second kappa shape index (κ2) is 5.24. The molecule has 0 aromatic carbocycles. The highest BCUT2D eigenvalue weighted by atomic mass is 27.2. The summed E-state index contributed by atoms with van der Waals surface area (Å²) < 4.78 is 11.3. The highest BCUT2D eigenvalue weighted by molar-refractivity contribution is 6.48. The third-order valence-electron chi connectivity index (χ3n) is 2.35. The molecule has 2 nitrogen and oxygen atoms in total. The molecule has 0 radical (unpaired) electrons. The van der Waals surface area contributed by atoms with E-state index in [1.165, 1.54) is 12.8 Å². The van der Waals surface area contributed by atoms with Crippen molar-refractivity contribution in [3.8, 4) is 0 Å². The van der Waals surface area contributed by atoms with Crippen LogP contribution in [0.1, 0.15) is 19.8 Å².